The quantitative estimate of drug-likeness (QED) is 0.528. The Labute approximate surface area is 97.8 Å². The Morgan fingerprint density at radius 1 is 1.19 bits per heavy atom. The third-order valence-electron chi connectivity index (χ3n) is 2.40. The van der Waals surface area contributed by atoms with E-state index in [2.05, 4.69) is 44.3 Å². The van der Waals surface area contributed by atoms with Crippen LogP contribution < -0.4 is 0 Å². The van der Waals surface area contributed by atoms with Gasteiger partial charge in [0.15, 0.2) is 0 Å². The molecule has 0 saturated carbocycles. The van der Waals surface area contributed by atoms with Crippen LogP contribution in [-0.2, 0) is 11.3 Å². The average Bonchev–Trinajstić information content (AvgIpc) is 2.31. The van der Waals surface area contributed by atoms with Gasteiger partial charge in [-0.1, -0.05) is 49.1 Å². The van der Waals surface area contributed by atoms with Gasteiger partial charge in [0.1, 0.15) is 12.4 Å². The molecule has 0 atom stereocenters. The lowest BCUT2D eigenvalue weighted by Crippen LogP contribution is -1.93. The van der Waals surface area contributed by atoms with Gasteiger partial charge in [-0.15, -0.1) is 0 Å². The van der Waals surface area contributed by atoms with Crippen LogP contribution in [-0.4, -0.2) is 0 Å². The van der Waals surface area contributed by atoms with Crippen molar-refractivity contribution in [1.82, 2.24) is 0 Å². The van der Waals surface area contributed by atoms with Gasteiger partial charge < -0.3 is 4.74 Å². The van der Waals surface area contributed by atoms with Crippen molar-refractivity contribution >= 4 is 0 Å². The second-order valence-corrected chi connectivity index (χ2v) is 3.73. The van der Waals surface area contributed by atoms with Crippen molar-refractivity contribution in [3.05, 3.63) is 72.0 Å². The maximum atomic E-state index is 5.66. The van der Waals surface area contributed by atoms with Crippen molar-refractivity contribution in [2.24, 2.45) is 0 Å². The first-order valence-electron chi connectivity index (χ1n) is 5.31. The summed E-state index contributed by atoms with van der Waals surface area (Å²) in [6.07, 6.45) is 3.48. The molecule has 0 amide bonds. The summed E-state index contributed by atoms with van der Waals surface area (Å²) in [6.45, 7) is 12.0. The molecule has 0 unspecified atom stereocenters. The van der Waals surface area contributed by atoms with E-state index in [4.69, 9.17) is 4.74 Å². The van der Waals surface area contributed by atoms with Crippen LogP contribution in [0.2, 0.25) is 0 Å². The monoisotopic (exact) mass is 214 g/mol. The number of allylic oxidation sites excluding steroid dienone is 3. The topological polar surface area (TPSA) is 9.23 Å². The largest absolute Gasteiger partial charge is 0.489 e. The minimum atomic E-state index is 0.562. The summed E-state index contributed by atoms with van der Waals surface area (Å²) in [7, 11) is 0. The Balaban J connectivity index is 2.67. The lowest BCUT2D eigenvalue weighted by molar-refractivity contribution is 0.209. The second-order valence-electron chi connectivity index (χ2n) is 3.73. The van der Waals surface area contributed by atoms with Crippen LogP contribution >= 0.6 is 0 Å². The van der Waals surface area contributed by atoms with Crippen molar-refractivity contribution in [2.45, 2.75) is 20.5 Å². The number of hydrogen-bond donors (Lipinski definition) is 0. The zero-order valence-electron chi connectivity index (χ0n) is 9.99. The Morgan fingerprint density at radius 2 is 1.81 bits per heavy atom. The van der Waals surface area contributed by atoms with Gasteiger partial charge in [-0.05, 0) is 31.1 Å². The normalized spacial score (nSPS) is 11.6. The Morgan fingerprint density at radius 3 is 2.31 bits per heavy atom. The molecule has 0 spiro atoms. The molecule has 1 heteroatoms. The van der Waals surface area contributed by atoms with Crippen LogP contribution in [0.5, 0.6) is 0 Å². The van der Waals surface area contributed by atoms with E-state index in [9.17, 15) is 0 Å². The lowest BCUT2D eigenvalue weighted by Gasteiger charge is -2.09. The summed E-state index contributed by atoms with van der Waals surface area (Å²) in [4.78, 5) is 0. The first-order valence-corrected chi connectivity index (χ1v) is 5.31. The first kappa shape index (κ1) is 12.3. The highest BCUT2D eigenvalue weighted by Gasteiger charge is 1.98. The number of benzene rings is 1. The molecular weight excluding hydrogens is 196 g/mol. The molecule has 16 heavy (non-hydrogen) atoms. The predicted molar refractivity (Wildman–Crippen MR) is 69.1 cm³/mol. The van der Waals surface area contributed by atoms with Crippen LogP contribution in [0.25, 0.3) is 0 Å². The summed E-state index contributed by atoms with van der Waals surface area (Å²) in [5.41, 5.74) is 3.41. The number of rotatable bonds is 5. The number of ether oxygens (including phenoxy) is 1. The summed E-state index contributed by atoms with van der Waals surface area (Å²) in [5, 5.41) is 0. The van der Waals surface area contributed by atoms with E-state index < -0.39 is 0 Å². The van der Waals surface area contributed by atoms with Crippen molar-refractivity contribution in [2.75, 3.05) is 0 Å². The fourth-order valence-electron chi connectivity index (χ4n) is 1.28. The van der Waals surface area contributed by atoms with Crippen molar-refractivity contribution in [3.63, 3.8) is 0 Å². The highest BCUT2D eigenvalue weighted by atomic mass is 16.5. The summed E-state index contributed by atoms with van der Waals surface area (Å²) >= 11 is 0. The van der Waals surface area contributed by atoms with Crippen LogP contribution in [0.1, 0.15) is 18.1 Å². The molecule has 1 rings (SSSR count). The van der Waals surface area contributed by atoms with Crippen LogP contribution in [0.3, 0.4) is 0 Å². The SMILES string of the molecule is C=C/C(C)=C(\C=C)OCc1ccc(C)cc1. The molecule has 1 nitrogen and oxygen atoms in total. The molecule has 0 radical (unpaired) electrons. The van der Waals surface area contributed by atoms with E-state index >= 15 is 0 Å². The van der Waals surface area contributed by atoms with Gasteiger partial charge in [0.2, 0.25) is 0 Å². The predicted octanol–water partition coefficient (Wildman–Crippen LogP) is 4.16. The molecule has 0 fully saturated rings. The molecule has 0 aromatic heterocycles. The molecule has 0 aliphatic heterocycles. The third-order valence-corrected chi connectivity index (χ3v) is 2.40. The molecule has 1 aromatic rings. The van der Waals surface area contributed by atoms with Gasteiger partial charge in [-0.25, -0.2) is 0 Å². The second kappa shape index (κ2) is 5.96. The van der Waals surface area contributed by atoms with E-state index in [0.29, 0.717) is 6.61 Å². The van der Waals surface area contributed by atoms with Crippen LogP contribution in [0.4, 0.5) is 0 Å². The van der Waals surface area contributed by atoms with Crippen molar-refractivity contribution in [1.29, 1.82) is 0 Å². The molecule has 0 heterocycles. The van der Waals surface area contributed by atoms with Crippen LogP contribution in [0, 0.1) is 6.92 Å². The van der Waals surface area contributed by atoms with Gasteiger partial charge in [-0.2, -0.15) is 0 Å². The van der Waals surface area contributed by atoms with E-state index in [1.54, 1.807) is 12.2 Å². The minimum absolute atomic E-state index is 0.562. The number of aryl methyl sites for hydroxylation is 1. The standard InChI is InChI=1S/C15H18O/c1-5-13(4)15(6-2)16-11-14-9-7-12(3)8-10-14/h5-10H,1-2,11H2,3-4H3/b15-13+. The fourth-order valence-corrected chi connectivity index (χ4v) is 1.28. The maximum absolute atomic E-state index is 5.66. The fraction of sp³-hybridized carbons (Fsp3) is 0.200. The minimum Gasteiger partial charge on any atom is -0.489 e. The summed E-state index contributed by atoms with van der Waals surface area (Å²) < 4.78 is 5.66. The molecule has 84 valence electrons. The van der Waals surface area contributed by atoms with Gasteiger partial charge >= 0.3 is 0 Å². The van der Waals surface area contributed by atoms with Gasteiger partial charge in [-0.3, -0.25) is 0 Å². The van der Waals surface area contributed by atoms with Crippen LogP contribution in [0.15, 0.2) is 60.9 Å². The first-order chi connectivity index (χ1) is 7.67. The van der Waals surface area contributed by atoms with E-state index in [-0.39, 0.29) is 0 Å². The Bertz CT molecular complexity index is 396. The highest BCUT2D eigenvalue weighted by molar-refractivity contribution is 5.26. The molecular formula is C15H18O. The molecule has 0 saturated heterocycles. The maximum Gasteiger partial charge on any atom is 0.122 e. The molecule has 0 N–H and O–H groups in total. The summed E-state index contributed by atoms with van der Waals surface area (Å²) in [6, 6.07) is 8.30. The number of hydrogen-bond acceptors (Lipinski definition) is 1. The van der Waals surface area contributed by atoms with E-state index in [1.165, 1.54) is 5.56 Å². The van der Waals surface area contributed by atoms with Gasteiger partial charge in [0, 0.05) is 0 Å². The highest BCUT2D eigenvalue weighted by Crippen LogP contribution is 2.12. The molecule has 0 aliphatic rings. The van der Waals surface area contributed by atoms with E-state index in [1.807, 2.05) is 6.92 Å². The zero-order chi connectivity index (χ0) is 12.0. The molecule has 0 aliphatic carbocycles. The van der Waals surface area contributed by atoms with Crippen molar-refractivity contribution in [3.8, 4) is 0 Å². The molecule has 1 aromatic carbocycles. The van der Waals surface area contributed by atoms with E-state index in [0.717, 1.165) is 16.9 Å². The van der Waals surface area contributed by atoms with Crippen molar-refractivity contribution < 1.29 is 4.74 Å². The third kappa shape index (κ3) is 3.43. The van der Waals surface area contributed by atoms with Gasteiger partial charge in [0.25, 0.3) is 0 Å². The zero-order valence-corrected chi connectivity index (χ0v) is 9.99. The molecule has 0 bridgehead atoms. The Hall–Kier alpha value is -1.76. The lowest BCUT2D eigenvalue weighted by atomic mass is 10.2. The Kier molecular flexibility index (Phi) is 4.59. The van der Waals surface area contributed by atoms with Gasteiger partial charge in [0.05, 0.1) is 0 Å². The smallest absolute Gasteiger partial charge is 0.122 e. The summed E-state index contributed by atoms with van der Waals surface area (Å²) in [5.74, 6) is 0.788. The average molecular weight is 214 g/mol.